The quantitative estimate of drug-likeness (QED) is 0.139. The van der Waals surface area contributed by atoms with Crippen molar-refractivity contribution in [3.05, 3.63) is 94.5 Å². The van der Waals surface area contributed by atoms with Gasteiger partial charge in [-0.1, -0.05) is 17.7 Å². The van der Waals surface area contributed by atoms with Crippen molar-refractivity contribution in [2.24, 2.45) is 0 Å². The summed E-state index contributed by atoms with van der Waals surface area (Å²) in [4.78, 5) is 21.8. The van der Waals surface area contributed by atoms with Crippen LogP contribution in [-0.4, -0.2) is 45.8 Å². The maximum Gasteiger partial charge on any atom is 0.416 e. The summed E-state index contributed by atoms with van der Waals surface area (Å²) in [6, 6.07) is 13.3. The second-order valence-corrected chi connectivity index (χ2v) is 9.88. The number of anilines is 1. The van der Waals surface area contributed by atoms with Crippen LogP contribution < -0.4 is 10.1 Å². The third-order valence-corrected chi connectivity index (χ3v) is 6.61. The molecule has 0 aliphatic rings. The van der Waals surface area contributed by atoms with E-state index in [1.807, 2.05) is 0 Å². The van der Waals surface area contributed by atoms with Crippen molar-refractivity contribution < 1.29 is 31.8 Å². The van der Waals surface area contributed by atoms with E-state index in [0.29, 0.717) is 59.1 Å². The first-order chi connectivity index (χ1) is 20.5. The summed E-state index contributed by atoms with van der Waals surface area (Å²) < 4.78 is 66.2. The highest BCUT2D eigenvalue weighted by molar-refractivity contribution is 6.29. The van der Waals surface area contributed by atoms with Gasteiger partial charge in [-0.2, -0.15) is 18.3 Å². The maximum absolute atomic E-state index is 14.2. The minimum absolute atomic E-state index is 0.0640. The van der Waals surface area contributed by atoms with E-state index in [1.54, 1.807) is 32.2 Å². The zero-order valence-electron chi connectivity index (χ0n) is 22.9. The van der Waals surface area contributed by atoms with Gasteiger partial charge in [0, 0.05) is 49.1 Å². The number of carbonyl (C=O) groups excluding carboxylic acids is 1. The smallest absolute Gasteiger partial charge is 0.416 e. The summed E-state index contributed by atoms with van der Waals surface area (Å²) in [7, 11) is 1.59. The van der Waals surface area contributed by atoms with Gasteiger partial charge in [0.25, 0.3) is 5.91 Å². The zero-order chi connectivity index (χ0) is 30.7. The number of nitrogens with zero attached hydrogens (tertiary/aromatic N) is 4. The van der Waals surface area contributed by atoms with Crippen LogP contribution in [0.25, 0.3) is 28.2 Å². The van der Waals surface area contributed by atoms with E-state index in [0.717, 1.165) is 18.2 Å². The summed E-state index contributed by atoms with van der Waals surface area (Å²) in [5.74, 6) is -0.749. The molecule has 13 heteroatoms. The Hall–Kier alpha value is -4.55. The Morgan fingerprint density at radius 2 is 1.86 bits per heavy atom. The van der Waals surface area contributed by atoms with Crippen LogP contribution in [0, 0.1) is 12.7 Å². The Labute approximate surface area is 248 Å². The van der Waals surface area contributed by atoms with Crippen molar-refractivity contribution in [1.82, 2.24) is 19.6 Å². The van der Waals surface area contributed by atoms with Crippen LogP contribution in [0.5, 0.6) is 5.75 Å². The highest BCUT2D eigenvalue weighted by Gasteiger charge is 2.31. The number of nitrogens with one attached hydrogen (secondary N) is 1. The molecule has 5 rings (SSSR count). The van der Waals surface area contributed by atoms with Gasteiger partial charge in [0.1, 0.15) is 17.3 Å². The van der Waals surface area contributed by atoms with E-state index in [9.17, 15) is 22.4 Å². The van der Waals surface area contributed by atoms with E-state index in [4.69, 9.17) is 26.1 Å². The number of aromatic nitrogens is 4. The number of imidazole rings is 1. The first-order valence-corrected chi connectivity index (χ1v) is 13.4. The Morgan fingerprint density at radius 3 is 2.60 bits per heavy atom. The van der Waals surface area contributed by atoms with Gasteiger partial charge in [0.15, 0.2) is 16.5 Å². The van der Waals surface area contributed by atoms with Gasteiger partial charge >= 0.3 is 6.18 Å². The van der Waals surface area contributed by atoms with Gasteiger partial charge in [-0.15, -0.1) is 0 Å². The molecular weight excluding hydrogens is 590 g/mol. The molecule has 1 amide bonds. The second-order valence-electron chi connectivity index (χ2n) is 9.50. The van der Waals surface area contributed by atoms with Crippen LogP contribution >= 0.6 is 11.6 Å². The number of halogens is 5. The number of fused-ring (bicyclic) bond motifs is 1. The van der Waals surface area contributed by atoms with Crippen LogP contribution in [-0.2, 0) is 10.9 Å². The minimum atomic E-state index is -4.60. The SMILES string of the molecule is COCCCOc1cc(Cl)nn2c(-c3ccnc(NC(=O)c4cccc(C(F)(F)F)c4)c3)c(-c3ccc(F)c(C)c3)nc12. The van der Waals surface area contributed by atoms with Gasteiger partial charge in [-0.25, -0.2) is 18.9 Å². The molecule has 0 unspecified atom stereocenters. The molecule has 8 nitrogen and oxygen atoms in total. The van der Waals surface area contributed by atoms with Crippen LogP contribution in [0.3, 0.4) is 0 Å². The van der Waals surface area contributed by atoms with Crippen molar-refractivity contribution in [3.8, 4) is 28.3 Å². The zero-order valence-corrected chi connectivity index (χ0v) is 23.6. The highest BCUT2D eigenvalue weighted by Crippen LogP contribution is 2.37. The molecule has 3 aromatic heterocycles. The first-order valence-electron chi connectivity index (χ1n) is 13.0. The number of methoxy groups -OCH3 is 1. The Kier molecular flexibility index (Phi) is 8.60. The Bertz CT molecular complexity index is 1810. The largest absolute Gasteiger partial charge is 0.489 e. The average Bonchev–Trinajstić information content (AvgIpc) is 3.36. The first kappa shape index (κ1) is 29.9. The van der Waals surface area contributed by atoms with Crippen molar-refractivity contribution in [2.75, 3.05) is 25.6 Å². The molecule has 0 saturated carbocycles. The molecule has 0 spiro atoms. The molecule has 3 heterocycles. The summed E-state index contributed by atoms with van der Waals surface area (Å²) in [6.07, 6.45) is -2.57. The lowest BCUT2D eigenvalue weighted by atomic mass is 10.0. The number of rotatable bonds is 9. The Balaban J connectivity index is 1.59. The fraction of sp³-hybridized carbons (Fsp3) is 0.200. The number of alkyl halides is 3. The predicted octanol–water partition coefficient (Wildman–Crippen LogP) is 7.25. The lowest BCUT2D eigenvalue weighted by Gasteiger charge is -2.11. The molecule has 0 bridgehead atoms. The molecule has 0 saturated heterocycles. The topological polar surface area (TPSA) is 90.6 Å². The molecule has 0 fully saturated rings. The van der Waals surface area contributed by atoms with E-state index in [-0.39, 0.29) is 22.4 Å². The van der Waals surface area contributed by atoms with Crippen LogP contribution in [0.4, 0.5) is 23.4 Å². The molecule has 0 aliphatic carbocycles. The number of benzene rings is 2. The van der Waals surface area contributed by atoms with Crippen LogP contribution in [0.2, 0.25) is 5.15 Å². The number of hydrogen-bond donors (Lipinski definition) is 1. The van der Waals surface area contributed by atoms with Crippen molar-refractivity contribution in [3.63, 3.8) is 0 Å². The highest BCUT2D eigenvalue weighted by atomic mass is 35.5. The molecule has 1 N–H and O–H groups in total. The summed E-state index contributed by atoms with van der Waals surface area (Å²) >= 11 is 6.37. The third kappa shape index (κ3) is 6.60. The van der Waals surface area contributed by atoms with E-state index in [2.05, 4.69) is 15.4 Å². The fourth-order valence-electron chi connectivity index (χ4n) is 4.38. The normalized spacial score (nSPS) is 11.6. The number of carbonyl (C=O) groups is 1. The van der Waals surface area contributed by atoms with Gasteiger partial charge < -0.3 is 14.8 Å². The second kappa shape index (κ2) is 12.4. The molecule has 5 aromatic rings. The monoisotopic (exact) mass is 613 g/mol. The van der Waals surface area contributed by atoms with Crippen LogP contribution in [0.15, 0.2) is 66.9 Å². The standard InChI is InChI=1S/C30H24ClF4N5O3/c1-17-13-18(7-8-22(17)32)26-27(40-28(38-26)23(16-24(31)39-40)43-12-4-11-42-2)19-9-10-36-25(15-19)37-29(41)20-5-3-6-21(14-20)30(33,34)35/h3,5-10,13-16H,4,11-12H2,1-2H3,(H,36,37,41). The lowest BCUT2D eigenvalue weighted by molar-refractivity contribution is -0.137. The molecule has 0 atom stereocenters. The van der Waals surface area contributed by atoms with Crippen molar-refractivity contribution >= 4 is 29.0 Å². The predicted molar refractivity (Wildman–Crippen MR) is 153 cm³/mol. The number of pyridine rings is 1. The van der Waals surface area contributed by atoms with Gasteiger partial charge in [0.2, 0.25) is 0 Å². The molecule has 2 aromatic carbocycles. The maximum atomic E-state index is 14.2. The fourth-order valence-corrected chi connectivity index (χ4v) is 4.56. The molecular formula is C30H24ClF4N5O3. The van der Waals surface area contributed by atoms with E-state index in [1.165, 1.54) is 35.0 Å². The number of aryl methyl sites for hydroxylation is 1. The summed E-state index contributed by atoms with van der Waals surface area (Å²) in [6.45, 7) is 2.43. The summed E-state index contributed by atoms with van der Waals surface area (Å²) in [5.41, 5.74) is 1.50. The van der Waals surface area contributed by atoms with Crippen molar-refractivity contribution in [2.45, 2.75) is 19.5 Å². The molecule has 43 heavy (non-hydrogen) atoms. The average molecular weight is 614 g/mol. The summed E-state index contributed by atoms with van der Waals surface area (Å²) in [5, 5.41) is 7.10. The molecule has 0 aliphatic heterocycles. The Morgan fingerprint density at radius 1 is 1.05 bits per heavy atom. The number of amides is 1. The molecule has 0 radical (unpaired) electrons. The number of hydrogen-bond acceptors (Lipinski definition) is 6. The van der Waals surface area contributed by atoms with E-state index < -0.39 is 17.6 Å². The third-order valence-electron chi connectivity index (χ3n) is 6.43. The number of ether oxygens (including phenoxy) is 2. The van der Waals surface area contributed by atoms with Crippen LogP contribution in [0.1, 0.15) is 27.9 Å². The van der Waals surface area contributed by atoms with Gasteiger partial charge in [-0.3, -0.25) is 4.79 Å². The minimum Gasteiger partial charge on any atom is -0.489 e. The van der Waals surface area contributed by atoms with E-state index >= 15 is 0 Å². The lowest BCUT2D eigenvalue weighted by Crippen LogP contribution is -2.14. The van der Waals surface area contributed by atoms with Gasteiger partial charge in [-0.05, 0) is 61.0 Å². The molecule has 222 valence electrons. The van der Waals surface area contributed by atoms with Crippen molar-refractivity contribution in [1.29, 1.82) is 0 Å². The van der Waals surface area contributed by atoms with Gasteiger partial charge in [0.05, 0.1) is 17.9 Å².